The molecule has 11 nitrogen and oxygen atoms in total. The highest BCUT2D eigenvalue weighted by molar-refractivity contribution is 7.72. The van der Waals surface area contributed by atoms with Crippen molar-refractivity contribution in [1.29, 1.82) is 0 Å². The lowest BCUT2D eigenvalue weighted by molar-refractivity contribution is -0.127. The van der Waals surface area contributed by atoms with Crippen LogP contribution >= 0.6 is 6.89 Å². The third-order valence-corrected chi connectivity index (χ3v) is 9.29. The van der Waals surface area contributed by atoms with Gasteiger partial charge in [0.2, 0.25) is 0 Å². The number of aliphatic hydroxyl groups excluding tert-OH is 2. The van der Waals surface area contributed by atoms with Gasteiger partial charge in [-0.3, -0.25) is 19.1 Å². The monoisotopic (exact) mass is 610 g/mol. The Balaban J connectivity index is 1.34. The number of carbonyl (C=O) groups is 2. The highest BCUT2D eigenvalue weighted by Crippen LogP contribution is 2.44. The molecule has 2 aromatic carbocycles. The van der Waals surface area contributed by atoms with Crippen LogP contribution in [0.5, 0.6) is 0 Å². The van der Waals surface area contributed by atoms with Crippen molar-refractivity contribution in [2.24, 2.45) is 0 Å². The maximum absolute atomic E-state index is 12.8. The van der Waals surface area contributed by atoms with E-state index in [-0.39, 0.29) is 18.1 Å². The number of ketones is 1. The van der Waals surface area contributed by atoms with E-state index >= 15 is 0 Å². The number of Topliss-reactive ketones (excluding diaryl/α,β-unsaturated/α-hetero) is 1. The molecule has 228 valence electrons. The number of nitrogens with one attached hydrogen (secondary N) is 1. The van der Waals surface area contributed by atoms with Gasteiger partial charge in [-0.1, -0.05) is 48.5 Å². The SMILES string of the molecule is C=P(C)(C)CCC1OC(n2cc(C(OC(=O)OCC3c4ccccc4-c4ccccc43)C(C)=O)c(=O)[nH]c2=O)[C@H](O)[C@@H]1O. The number of benzene rings is 2. The van der Waals surface area contributed by atoms with Crippen LogP contribution < -0.4 is 11.2 Å². The quantitative estimate of drug-likeness (QED) is 0.245. The average Bonchev–Trinajstić information content (AvgIpc) is 3.43. The summed E-state index contributed by atoms with van der Waals surface area (Å²) in [6, 6.07) is 15.6. The molecule has 3 aromatic rings. The van der Waals surface area contributed by atoms with Crippen LogP contribution in [0, 0.1) is 0 Å². The fourth-order valence-corrected chi connectivity index (χ4v) is 6.59. The lowest BCUT2D eigenvalue weighted by Gasteiger charge is -2.21. The van der Waals surface area contributed by atoms with Crippen LogP contribution in [0.3, 0.4) is 0 Å². The molecule has 1 aromatic heterocycles. The van der Waals surface area contributed by atoms with Gasteiger partial charge in [-0.15, -0.1) is 13.2 Å². The molecule has 0 saturated carbocycles. The van der Waals surface area contributed by atoms with Crippen molar-refractivity contribution in [3.8, 4) is 11.1 Å². The summed E-state index contributed by atoms with van der Waals surface area (Å²) in [6.07, 6.45) is -1.56. The van der Waals surface area contributed by atoms with Gasteiger partial charge in [0, 0.05) is 12.1 Å². The first kappa shape index (κ1) is 30.7. The van der Waals surface area contributed by atoms with Gasteiger partial charge in [0.15, 0.2) is 18.1 Å². The minimum atomic E-state index is -1.71. The summed E-state index contributed by atoms with van der Waals surface area (Å²) in [7, 11) is 0. The first-order chi connectivity index (χ1) is 20.4. The van der Waals surface area contributed by atoms with E-state index in [9.17, 15) is 29.4 Å². The minimum Gasteiger partial charge on any atom is -0.433 e. The Hall–Kier alpha value is -3.76. The lowest BCUT2D eigenvalue weighted by Crippen LogP contribution is -2.40. The number of aliphatic hydroxyl groups is 2. The average molecular weight is 611 g/mol. The van der Waals surface area contributed by atoms with Gasteiger partial charge >= 0.3 is 11.8 Å². The predicted octanol–water partition coefficient (Wildman–Crippen LogP) is 2.85. The van der Waals surface area contributed by atoms with Crippen LogP contribution in [0.4, 0.5) is 4.79 Å². The van der Waals surface area contributed by atoms with Crippen LogP contribution in [0.2, 0.25) is 0 Å². The summed E-state index contributed by atoms with van der Waals surface area (Å²) in [5.74, 6) is -0.950. The zero-order chi connectivity index (χ0) is 31.1. The molecule has 0 amide bonds. The van der Waals surface area contributed by atoms with Crippen molar-refractivity contribution < 1.29 is 34.0 Å². The predicted molar refractivity (Wildman–Crippen MR) is 162 cm³/mol. The number of aromatic nitrogens is 2. The van der Waals surface area contributed by atoms with Crippen molar-refractivity contribution in [1.82, 2.24) is 9.55 Å². The van der Waals surface area contributed by atoms with Gasteiger partial charge in [-0.25, -0.2) is 9.59 Å². The summed E-state index contributed by atoms with van der Waals surface area (Å²) in [6.45, 7) is 3.66. The van der Waals surface area contributed by atoms with E-state index in [0.29, 0.717) is 12.6 Å². The zero-order valence-electron chi connectivity index (χ0n) is 24.1. The van der Waals surface area contributed by atoms with E-state index in [1.807, 2.05) is 61.9 Å². The highest BCUT2D eigenvalue weighted by Gasteiger charge is 2.44. The maximum atomic E-state index is 12.8. The Bertz CT molecular complexity index is 1660. The van der Waals surface area contributed by atoms with Crippen LogP contribution in [0.25, 0.3) is 11.1 Å². The number of aromatic amines is 1. The van der Waals surface area contributed by atoms with Gasteiger partial charge in [-0.05, 0) is 55.1 Å². The fraction of sp³-hybridized carbons (Fsp3) is 0.387. The number of rotatable bonds is 9. The molecule has 3 N–H and O–H groups in total. The zero-order valence-corrected chi connectivity index (χ0v) is 25.0. The molecule has 5 rings (SSSR count). The Morgan fingerprint density at radius 2 is 1.65 bits per heavy atom. The van der Waals surface area contributed by atoms with Gasteiger partial charge in [0.05, 0.1) is 11.7 Å². The number of carbonyl (C=O) groups excluding carboxylic acids is 2. The molecule has 0 bridgehead atoms. The minimum absolute atomic E-state index is 0.0684. The van der Waals surface area contributed by atoms with Crippen LogP contribution in [0.15, 0.2) is 64.3 Å². The smallest absolute Gasteiger partial charge is 0.433 e. The van der Waals surface area contributed by atoms with Crippen molar-refractivity contribution >= 4 is 25.1 Å². The van der Waals surface area contributed by atoms with Crippen molar-refractivity contribution in [3.05, 3.63) is 92.3 Å². The van der Waals surface area contributed by atoms with E-state index in [1.54, 1.807) is 0 Å². The van der Waals surface area contributed by atoms with E-state index < -0.39 is 60.7 Å². The molecule has 1 aliphatic carbocycles. The number of H-pyrrole nitrogens is 1. The molecule has 43 heavy (non-hydrogen) atoms. The lowest BCUT2D eigenvalue weighted by atomic mass is 9.98. The first-order valence-electron chi connectivity index (χ1n) is 13.9. The molecule has 3 unspecified atom stereocenters. The molecule has 2 aliphatic rings. The van der Waals surface area contributed by atoms with E-state index in [1.165, 1.54) is 0 Å². The van der Waals surface area contributed by atoms with Crippen LogP contribution in [0.1, 0.15) is 48.3 Å². The van der Waals surface area contributed by atoms with Crippen molar-refractivity contribution in [3.63, 3.8) is 0 Å². The Kier molecular flexibility index (Phi) is 8.63. The second-order valence-electron chi connectivity index (χ2n) is 11.6. The first-order valence-corrected chi connectivity index (χ1v) is 17.0. The highest BCUT2D eigenvalue weighted by atomic mass is 31.2. The Labute approximate surface area is 248 Å². The molecular formula is C31H35N2O9P. The summed E-state index contributed by atoms with van der Waals surface area (Å²) in [5.41, 5.74) is 1.80. The molecule has 1 fully saturated rings. The summed E-state index contributed by atoms with van der Waals surface area (Å²) < 4.78 is 17.5. The third kappa shape index (κ3) is 6.31. The fourth-order valence-electron chi connectivity index (χ4n) is 5.64. The third-order valence-electron chi connectivity index (χ3n) is 7.82. The van der Waals surface area contributed by atoms with Gasteiger partial charge < -0.3 is 24.4 Å². The van der Waals surface area contributed by atoms with Crippen LogP contribution in [-0.4, -0.2) is 82.4 Å². The summed E-state index contributed by atoms with van der Waals surface area (Å²) in [5, 5.41) is 21.3. The molecule has 12 heteroatoms. The normalized spacial score (nSPS) is 22.1. The maximum Gasteiger partial charge on any atom is 0.509 e. The Morgan fingerprint density at radius 3 is 2.23 bits per heavy atom. The number of ether oxygens (including phenoxy) is 3. The molecular weight excluding hydrogens is 575 g/mol. The standard InChI is InChI=1S/C31H35N2O9P/c1-17(34)27(42-31(39)40-16-23-20-11-7-5-9-18(20)19-10-6-8-12-21(19)23)22-15-33(30(38)32-28(22)37)29-26(36)25(35)24(41-29)13-14-43(2,3)4/h5-12,15,23-27,29,35-36H,2,13-14,16H2,1,3-4H3,(H,32,37,38)/t24?,25-,26-,27?,29?/m1/s1. The molecule has 0 spiro atoms. The Morgan fingerprint density at radius 1 is 1.05 bits per heavy atom. The number of hydrogen-bond acceptors (Lipinski definition) is 9. The summed E-state index contributed by atoms with van der Waals surface area (Å²) >= 11 is 0. The number of hydrogen-bond donors (Lipinski definition) is 3. The molecule has 1 saturated heterocycles. The molecule has 2 heterocycles. The number of nitrogens with zero attached hydrogens (tertiary/aromatic N) is 1. The van der Waals surface area contributed by atoms with E-state index in [2.05, 4.69) is 11.3 Å². The summed E-state index contributed by atoms with van der Waals surface area (Å²) in [4.78, 5) is 53.0. The second-order valence-corrected chi connectivity index (χ2v) is 16.0. The van der Waals surface area contributed by atoms with Crippen molar-refractivity contribution in [2.45, 2.75) is 49.9 Å². The molecule has 0 radical (unpaired) electrons. The molecule has 5 atom stereocenters. The largest absolute Gasteiger partial charge is 0.509 e. The second kappa shape index (κ2) is 12.1. The van der Waals surface area contributed by atoms with Crippen LogP contribution in [-0.2, 0) is 19.0 Å². The van der Waals surface area contributed by atoms with E-state index in [0.717, 1.165) is 39.9 Å². The van der Waals surface area contributed by atoms with Gasteiger partial charge in [0.1, 0.15) is 18.8 Å². The topological polar surface area (TPSA) is 157 Å². The number of fused-ring (bicyclic) bond motifs is 3. The van der Waals surface area contributed by atoms with Crippen molar-refractivity contribution in [2.75, 3.05) is 26.1 Å². The van der Waals surface area contributed by atoms with Gasteiger partial charge in [0.25, 0.3) is 5.56 Å². The van der Waals surface area contributed by atoms with E-state index in [4.69, 9.17) is 14.2 Å². The molecule has 1 aliphatic heterocycles. The van der Waals surface area contributed by atoms with Gasteiger partial charge in [-0.2, -0.15) is 0 Å².